The summed E-state index contributed by atoms with van der Waals surface area (Å²) in [6.07, 6.45) is 3.03. The van der Waals surface area contributed by atoms with E-state index in [0.717, 1.165) is 13.0 Å². The molecular weight excluding hydrogens is 328 g/mol. The normalized spacial score (nSPS) is 25.0. The van der Waals surface area contributed by atoms with Crippen LogP contribution in [0.1, 0.15) is 32.1 Å². The predicted molar refractivity (Wildman–Crippen MR) is 83.6 cm³/mol. The van der Waals surface area contributed by atoms with Gasteiger partial charge in [-0.05, 0) is 31.6 Å². The van der Waals surface area contributed by atoms with Gasteiger partial charge in [-0.1, -0.05) is 0 Å². The minimum Gasteiger partial charge on any atom is -0.343 e. The van der Waals surface area contributed by atoms with Crippen molar-refractivity contribution < 1.29 is 21.6 Å². The first-order valence-corrected chi connectivity index (χ1v) is 11.2. The number of sulfonamides is 1. The van der Waals surface area contributed by atoms with Gasteiger partial charge in [-0.3, -0.25) is 4.79 Å². The summed E-state index contributed by atoms with van der Waals surface area (Å²) in [5, 5.41) is 0. The van der Waals surface area contributed by atoms with Crippen LogP contribution in [0.5, 0.6) is 0 Å². The molecule has 0 aromatic carbocycles. The molecule has 0 aromatic heterocycles. The molecule has 128 valence electrons. The maximum absolute atomic E-state index is 11.9. The van der Waals surface area contributed by atoms with Crippen LogP contribution in [-0.2, 0) is 24.7 Å². The van der Waals surface area contributed by atoms with E-state index in [9.17, 15) is 21.6 Å². The molecule has 2 fully saturated rings. The van der Waals surface area contributed by atoms with E-state index in [1.807, 2.05) is 0 Å². The number of nitrogens with zero attached hydrogens (tertiary/aromatic N) is 1. The summed E-state index contributed by atoms with van der Waals surface area (Å²) < 4.78 is 48.9. The van der Waals surface area contributed by atoms with Crippen molar-refractivity contribution in [1.82, 2.24) is 9.62 Å². The first-order valence-electron chi connectivity index (χ1n) is 7.73. The molecule has 9 heteroatoms. The first kappa shape index (κ1) is 17.7. The number of rotatable bonds is 8. The Bertz CT molecular complexity index is 600. The number of likely N-dealkylation sites (tertiary alicyclic amines) is 1. The van der Waals surface area contributed by atoms with Crippen LogP contribution in [0, 0.1) is 5.92 Å². The molecule has 2 saturated heterocycles. The van der Waals surface area contributed by atoms with Crippen LogP contribution in [0.2, 0.25) is 0 Å². The standard InChI is InChI=1S/C13H24N2O5S2/c16-13-3-1-7-15(13)8-2-6-14-22(19,20)10-5-12-4-9-21(17,18)11-12/h12,14H,1-11H2. The second-order valence-corrected chi connectivity index (χ2v) is 10.3. The fourth-order valence-electron chi connectivity index (χ4n) is 2.93. The summed E-state index contributed by atoms with van der Waals surface area (Å²) in [7, 11) is -6.32. The Hall–Kier alpha value is -0.670. The van der Waals surface area contributed by atoms with Crippen molar-refractivity contribution in [3.05, 3.63) is 0 Å². The molecule has 0 aromatic rings. The molecule has 1 amide bonds. The maximum atomic E-state index is 11.9. The lowest BCUT2D eigenvalue weighted by Gasteiger charge is -2.15. The van der Waals surface area contributed by atoms with Crippen LogP contribution in [-0.4, -0.2) is 64.5 Å². The number of nitrogens with one attached hydrogen (secondary N) is 1. The third kappa shape index (κ3) is 5.51. The van der Waals surface area contributed by atoms with E-state index < -0.39 is 19.9 Å². The minimum atomic E-state index is -3.36. The summed E-state index contributed by atoms with van der Waals surface area (Å²) in [4.78, 5) is 13.2. The Kier molecular flexibility index (Phi) is 5.84. The number of hydrogen-bond acceptors (Lipinski definition) is 5. The van der Waals surface area contributed by atoms with Gasteiger partial charge in [-0.25, -0.2) is 21.6 Å². The molecule has 1 atom stereocenters. The van der Waals surface area contributed by atoms with Crippen molar-refractivity contribution in [1.29, 1.82) is 0 Å². The van der Waals surface area contributed by atoms with Gasteiger partial charge in [0, 0.05) is 26.1 Å². The number of hydrogen-bond donors (Lipinski definition) is 1. The van der Waals surface area contributed by atoms with Crippen molar-refractivity contribution in [2.24, 2.45) is 5.92 Å². The van der Waals surface area contributed by atoms with Crippen LogP contribution in [0.15, 0.2) is 0 Å². The second-order valence-electron chi connectivity index (χ2n) is 6.11. The lowest BCUT2D eigenvalue weighted by molar-refractivity contribution is -0.127. The van der Waals surface area contributed by atoms with E-state index in [1.54, 1.807) is 4.90 Å². The monoisotopic (exact) mass is 352 g/mol. The average Bonchev–Trinajstić information content (AvgIpc) is 2.98. The summed E-state index contributed by atoms with van der Waals surface area (Å²) >= 11 is 0. The van der Waals surface area contributed by atoms with Gasteiger partial charge in [0.2, 0.25) is 15.9 Å². The van der Waals surface area contributed by atoms with Gasteiger partial charge in [0.25, 0.3) is 0 Å². The topological polar surface area (TPSA) is 101 Å². The molecule has 7 nitrogen and oxygen atoms in total. The number of carbonyl (C=O) groups excluding carboxylic acids is 1. The number of sulfone groups is 1. The molecule has 2 rings (SSSR count). The Labute approximate surface area is 132 Å². The zero-order chi connectivity index (χ0) is 16.2. The van der Waals surface area contributed by atoms with Crippen LogP contribution in [0.4, 0.5) is 0 Å². The fourth-order valence-corrected chi connectivity index (χ4v) is 6.09. The van der Waals surface area contributed by atoms with Gasteiger partial charge in [0.1, 0.15) is 0 Å². The molecule has 1 unspecified atom stereocenters. The van der Waals surface area contributed by atoms with Crippen molar-refractivity contribution in [2.45, 2.75) is 32.1 Å². The average molecular weight is 352 g/mol. The van der Waals surface area contributed by atoms with Crippen molar-refractivity contribution in [2.75, 3.05) is 36.9 Å². The van der Waals surface area contributed by atoms with E-state index in [0.29, 0.717) is 38.8 Å². The quantitative estimate of drug-likeness (QED) is 0.607. The highest BCUT2D eigenvalue weighted by molar-refractivity contribution is 7.91. The van der Waals surface area contributed by atoms with E-state index in [4.69, 9.17) is 0 Å². The van der Waals surface area contributed by atoms with Crippen molar-refractivity contribution >= 4 is 25.8 Å². The SMILES string of the molecule is O=C1CCCN1CCCNS(=O)(=O)CCC1CCS(=O)(=O)C1. The summed E-state index contributed by atoms with van der Waals surface area (Å²) in [6.45, 7) is 1.67. The molecule has 0 bridgehead atoms. The van der Waals surface area contributed by atoms with Crippen molar-refractivity contribution in [3.8, 4) is 0 Å². The molecule has 0 saturated carbocycles. The summed E-state index contributed by atoms with van der Waals surface area (Å²) in [5.74, 6) is 0.360. The highest BCUT2D eigenvalue weighted by Gasteiger charge is 2.28. The molecule has 22 heavy (non-hydrogen) atoms. The third-order valence-electron chi connectivity index (χ3n) is 4.22. The van der Waals surface area contributed by atoms with Gasteiger partial charge in [-0.15, -0.1) is 0 Å². The number of amides is 1. The van der Waals surface area contributed by atoms with Crippen LogP contribution in [0.3, 0.4) is 0 Å². The molecule has 0 spiro atoms. The maximum Gasteiger partial charge on any atom is 0.222 e. The molecule has 0 radical (unpaired) electrons. The predicted octanol–water partition coefficient (Wildman–Crippen LogP) is -0.257. The lowest BCUT2D eigenvalue weighted by atomic mass is 10.1. The molecule has 2 aliphatic heterocycles. The fraction of sp³-hybridized carbons (Fsp3) is 0.923. The Morgan fingerprint density at radius 2 is 2.09 bits per heavy atom. The smallest absolute Gasteiger partial charge is 0.222 e. The highest BCUT2D eigenvalue weighted by atomic mass is 32.2. The van der Waals surface area contributed by atoms with Crippen LogP contribution >= 0.6 is 0 Å². The van der Waals surface area contributed by atoms with Crippen molar-refractivity contribution in [3.63, 3.8) is 0 Å². The third-order valence-corrected chi connectivity index (χ3v) is 7.47. The lowest BCUT2D eigenvalue weighted by Crippen LogP contribution is -2.32. The van der Waals surface area contributed by atoms with E-state index in [2.05, 4.69) is 4.72 Å². The second kappa shape index (κ2) is 7.27. The van der Waals surface area contributed by atoms with Crippen LogP contribution < -0.4 is 4.72 Å². The van der Waals surface area contributed by atoms with Gasteiger partial charge in [0.05, 0.1) is 17.3 Å². The largest absolute Gasteiger partial charge is 0.343 e. The van der Waals surface area contributed by atoms with E-state index in [-0.39, 0.29) is 29.1 Å². The zero-order valence-electron chi connectivity index (χ0n) is 12.7. The van der Waals surface area contributed by atoms with E-state index >= 15 is 0 Å². The van der Waals surface area contributed by atoms with Gasteiger partial charge >= 0.3 is 0 Å². The Balaban J connectivity index is 1.63. The number of carbonyl (C=O) groups is 1. The van der Waals surface area contributed by atoms with Gasteiger partial charge in [0.15, 0.2) is 9.84 Å². The van der Waals surface area contributed by atoms with E-state index in [1.165, 1.54) is 0 Å². The molecular formula is C13H24N2O5S2. The zero-order valence-corrected chi connectivity index (χ0v) is 14.3. The molecule has 2 heterocycles. The molecule has 1 N–H and O–H groups in total. The Morgan fingerprint density at radius 1 is 1.32 bits per heavy atom. The highest BCUT2D eigenvalue weighted by Crippen LogP contribution is 2.21. The van der Waals surface area contributed by atoms with Gasteiger partial charge in [-0.2, -0.15) is 0 Å². The minimum absolute atomic E-state index is 0.0319. The Morgan fingerprint density at radius 3 is 2.68 bits per heavy atom. The summed E-state index contributed by atoms with van der Waals surface area (Å²) in [5.41, 5.74) is 0. The molecule has 0 aliphatic carbocycles. The molecule has 2 aliphatic rings. The van der Waals surface area contributed by atoms with Gasteiger partial charge < -0.3 is 4.90 Å². The van der Waals surface area contributed by atoms with Crippen LogP contribution in [0.25, 0.3) is 0 Å². The first-order chi connectivity index (χ1) is 10.3. The summed E-state index contributed by atoms with van der Waals surface area (Å²) in [6, 6.07) is 0.